The van der Waals surface area contributed by atoms with Gasteiger partial charge in [0.05, 0.1) is 17.8 Å². The summed E-state index contributed by atoms with van der Waals surface area (Å²) >= 11 is 0. The predicted octanol–water partition coefficient (Wildman–Crippen LogP) is -0.449. The maximum Gasteiger partial charge on any atom is 0.272 e. The molecule has 3 N–H and O–H groups in total. The van der Waals surface area contributed by atoms with Crippen molar-refractivity contribution in [2.45, 2.75) is 19.1 Å². The number of nitrogens with one attached hydrogen (secondary N) is 1. The van der Waals surface area contributed by atoms with E-state index in [9.17, 15) is 4.79 Å². The summed E-state index contributed by atoms with van der Waals surface area (Å²) in [4.78, 5) is 11.2. The van der Waals surface area contributed by atoms with Crippen LogP contribution in [0.3, 0.4) is 0 Å². The summed E-state index contributed by atoms with van der Waals surface area (Å²) in [6, 6.07) is -0.341. The number of H-pyrrole nitrogens is 1. The lowest BCUT2D eigenvalue weighted by molar-refractivity contribution is 0.228. The van der Waals surface area contributed by atoms with E-state index < -0.39 is 0 Å². The van der Waals surface area contributed by atoms with E-state index in [1.807, 2.05) is 6.92 Å². The number of rotatable bonds is 0. The molecule has 0 aromatic carbocycles. The van der Waals surface area contributed by atoms with Gasteiger partial charge in [-0.05, 0) is 6.92 Å². The molecule has 1 aromatic heterocycles. The van der Waals surface area contributed by atoms with Crippen LogP contribution in [0.25, 0.3) is 0 Å². The van der Waals surface area contributed by atoms with Crippen molar-refractivity contribution < 1.29 is 4.74 Å². The highest BCUT2D eigenvalue weighted by atomic mass is 16.5. The van der Waals surface area contributed by atoms with Crippen LogP contribution in [0.2, 0.25) is 0 Å². The quantitative estimate of drug-likeness (QED) is 0.548. The molecule has 2 heterocycles. The Bertz CT molecular complexity index is 360. The smallest absolute Gasteiger partial charge is 0.272 e. The fourth-order valence-corrected chi connectivity index (χ4v) is 1.31. The Labute approximate surface area is 68.5 Å². The zero-order chi connectivity index (χ0) is 8.72. The molecule has 0 saturated heterocycles. The summed E-state index contributed by atoms with van der Waals surface area (Å²) in [6.45, 7) is 1.82. The molecule has 2 rings (SSSR count). The van der Waals surface area contributed by atoms with E-state index in [1.165, 1.54) is 6.20 Å². The molecule has 5 heteroatoms. The maximum absolute atomic E-state index is 11.2. The minimum absolute atomic E-state index is 0.148. The van der Waals surface area contributed by atoms with Gasteiger partial charge >= 0.3 is 0 Å². The van der Waals surface area contributed by atoms with Crippen molar-refractivity contribution in [1.82, 2.24) is 10.2 Å². The molecule has 5 nitrogen and oxygen atoms in total. The van der Waals surface area contributed by atoms with E-state index in [0.29, 0.717) is 11.3 Å². The Morgan fingerprint density at radius 2 is 2.50 bits per heavy atom. The van der Waals surface area contributed by atoms with Crippen LogP contribution in [-0.4, -0.2) is 16.3 Å². The molecule has 0 spiro atoms. The lowest BCUT2D eigenvalue weighted by Gasteiger charge is -2.06. The van der Waals surface area contributed by atoms with Crippen molar-refractivity contribution in [2.24, 2.45) is 5.73 Å². The lowest BCUT2D eigenvalue weighted by Crippen LogP contribution is -2.25. The third kappa shape index (κ3) is 0.831. The van der Waals surface area contributed by atoms with E-state index in [1.54, 1.807) is 0 Å². The molecule has 1 aromatic rings. The molecule has 64 valence electrons. The molecule has 0 bridgehead atoms. The molecule has 2 unspecified atom stereocenters. The van der Waals surface area contributed by atoms with Gasteiger partial charge in [-0.15, -0.1) is 0 Å². The number of hydrogen-bond acceptors (Lipinski definition) is 4. The summed E-state index contributed by atoms with van der Waals surface area (Å²) in [6.07, 6.45) is 1.32. The molecule has 0 saturated carbocycles. The van der Waals surface area contributed by atoms with Gasteiger partial charge in [-0.2, -0.15) is 5.10 Å². The van der Waals surface area contributed by atoms with Crippen molar-refractivity contribution in [3.63, 3.8) is 0 Å². The number of aromatic nitrogens is 2. The average molecular weight is 167 g/mol. The Balaban J connectivity index is 2.62. The third-order valence-corrected chi connectivity index (χ3v) is 2.01. The van der Waals surface area contributed by atoms with Gasteiger partial charge < -0.3 is 10.5 Å². The number of fused-ring (bicyclic) bond motifs is 1. The number of aromatic amines is 1. The number of ether oxygens (including phenoxy) is 1. The Kier molecular flexibility index (Phi) is 1.41. The van der Waals surface area contributed by atoms with Gasteiger partial charge in [-0.25, -0.2) is 5.10 Å². The fourth-order valence-electron chi connectivity index (χ4n) is 1.31. The van der Waals surface area contributed by atoms with E-state index in [2.05, 4.69) is 10.2 Å². The van der Waals surface area contributed by atoms with Crippen molar-refractivity contribution in [3.8, 4) is 5.75 Å². The molecule has 0 amide bonds. The minimum atomic E-state index is -0.341. The van der Waals surface area contributed by atoms with Crippen LogP contribution in [0.4, 0.5) is 0 Å². The average Bonchev–Trinajstić information content (AvgIpc) is 2.29. The van der Waals surface area contributed by atoms with Crippen LogP contribution >= 0.6 is 0 Å². The maximum atomic E-state index is 11.2. The Morgan fingerprint density at radius 3 is 3.17 bits per heavy atom. The van der Waals surface area contributed by atoms with Crippen molar-refractivity contribution in [3.05, 3.63) is 22.1 Å². The van der Waals surface area contributed by atoms with Gasteiger partial charge in [-0.1, -0.05) is 0 Å². The predicted molar refractivity (Wildman–Crippen MR) is 41.9 cm³/mol. The van der Waals surface area contributed by atoms with Crippen molar-refractivity contribution >= 4 is 0 Å². The van der Waals surface area contributed by atoms with Crippen LogP contribution in [0, 0.1) is 0 Å². The zero-order valence-electron chi connectivity index (χ0n) is 6.57. The monoisotopic (exact) mass is 167 g/mol. The molecule has 1 aliphatic rings. The first-order valence-corrected chi connectivity index (χ1v) is 3.70. The number of hydrogen-bond donors (Lipinski definition) is 2. The summed E-state index contributed by atoms with van der Waals surface area (Å²) in [5.74, 6) is 0.499. The van der Waals surface area contributed by atoms with Crippen molar-refractivity contribution in [2.75, 3.05) is 0 Å². The number of nitrogens with zero attached hydrogens (tertiary/aromatic N) is 1. The highest BCUT2D eigenvalue weighted by molar-refractivity contribution is 5.35. The molecule has 1 aliphatic heterocycles. The second kappa shape index (κ2) is 2.31. The first-order valence-electron chi connectivity index (χ1n) is 3.70. The minimum Gasteiger partial charge on any atom is -0.486 e. The normalized spacial score (nSPS) is 26.5. The fraction of sp³-hybridized carbons (Fsp3) is 0.429. The van der Waals surface area contributed by atoms with E-state index >= 15 is 0 Å². The second-order valence-corrected chi connectivity index (χ2v) is 2.83. The van der Waals surface area contributed by atoms with Crippen molar-refractivity contribution in [1.29, 1.82) is 0 Å². The van der Waals surface area contributed by atoms with Gasteiger partial charge in [0.15, 0.2) is 0 Å². The molecule has 0 radical (unpaired) electrons. The van der Waals surface area contributed by atoms with Crippen LogP contribution in [0.5, 0.6) is 5.75 Å². The second-order valence-electron chi connectivity index (χ2n) is 2.83. The van der Waals surface area contributed by atoms with E-state index in [4.69, 9.17) is 10.5 Å². The molecular weight excluding hydrogens is 158 g/mol. The van der Waals surface area contributed by atoms with Gasteiger partial charge in [0.1, 0.15) is 11.9 Å². The van der Waals surface area contributed by atoms with E-state index in [-0.39, 0.29) is 17.7 Å². The number of nitrogens with two attached hydrogens (primary N) is 1. The summed E-state index contributed by atoms with van der Waals surface area (Å²) < 4.78 is 5.29. The van der Waals surface area contributed by atoms with Gasteiger partial charge in [0.25, 0.3) is 5.56 Å². The zero-order valence-corrected chi connectivity index (χ0v) is 6.57. The van der Waals surface area contributed by atoms with Crippen LogP contribution in [-0.2, 0) is 0 Å². The Hall–Kier alpha value is -1.36. The molecule has 0 fully saturated rings. The Morgan fingerprint density at radius 1 is 1.75 bits per heavy atom. The molecule has 2 atom stereocenters. The van der Waals surface area contributed by atoms with Gasteiger partial charge in [-0.3, -0.25) is 4.79 Å². The van der Waals surface area contributed by atoms with Crippen LogP contribution in [0.1, 0.15) is 18.5 Å². The molecular formula is C7H9N3O2. The summed E-state index contributed by atoms with van der Waals surface area (Å²) in [5.41, 5.74) is 5.96. The lowest BCUT2D eigenvalue weighted by atomic mass is 10.1. The van der Waals surface area contributed by atoms with Gasteiger partial charge in [0.2, 0.25) is 0 Å². The first kappa shape index (κ1) is 7.30. The van der Waals surface area contributed by atoms with Crippen LogP contribution < -0.4 is 16.0 Å². The standard InChI is InChI=1S/C7H9N3O2/c1-3-6(8)5-4(12-3)2-9-10-7(5)11/h2-3,6H,8H2,1H3,(H,10,11). The highest BCUT2D eigenvalue weighted by Crippen LogP contribution is 2.30. The summed E-state index contributed by atoms with van der Waals surface area (Å²) in [5, 5.41) is 5.92. The third-order valence-electron chi connectivity index (χ3n) is 2.01. The van der Waals surface area contributed by atoms with Crippen LogP contribution in [0.15, 0.2) is 11.0 Å². The molecule has 0 aliphatic carbocycles. The highest BCUT2D eigenvalue weighted by Gasteiger charge is 2.30. The molecule has 12 heavy (non-hydrogen) atoms. The topological polar surface area (TPSA) is 81.0 Å². The SMILES string of the molecule is CC1Oc2cn[nH]c(=O)c2C1N. The van der Waals surface area contributed by atoms with Gasteiger partial charge in [0, 0.05) is 0 Å². The first-order chi connectivity index (χ1) is 5.70. The largest absolute Gasteiger partial charge is 0.486 e. The summed E-state index contributed by atoms with van der Waals surface area (Å²) in [7, 11) is 0. The van der Waals surface area contributed by atoms with E-state index in [0.717, 1.165) is 0 Å².